The van der Waals surface area contributed by atoms with E-state index in [1.807, 2.05) is 48.5 Å². The van der Waals surface area contributed by atoms with Gasteiger partial charge in [-0.25, -0.2) is 0 Å². The van der Waals surface area contributed by atoms with Gasteiger partial charge in [-0.05, 0) is 62.1 Å². The van der Waals surface area contributed by atoms with Gasteiger partial charge in [0, 0.05) is 33.6 Å². The van der Waals surface area contributed by atoms with Crippen LogP contribution < -0.4 is 10.9 Å². The number of hydrogen-bond donors (Lipinski definition) is 0. The van der Waals surface area contributed by atoms with Crippen molar-refractivity contribution in [2.24, 2.45) is 0 Å². The highest BCUT2D eigenvalue weighted by atomic mass is 16.1. The van der Waals surface area contributed by atoms with Gasteiger partial charge in [-0.15, -0.1) is 0 Å². The van der Waals surface area contributed by atoms with Gasteiger partial charge in [0.05, 0.1) is 22.1 Å². The van der Waals surface area contributed by atoms with Crippen molar-refractivity contribution in [1.29, 1.82) is 0 Å². The third kappa shape index (κ3) is 4.98. The van der Waals surface area contributed by atoms with Crippen LogP contribution in [0.15, 0.2) is 70.3 Å². The molecule has 0 saturated carbocycles. The Morgan fingerprint density at radius 2 is 0.925 bits per heavy atom. The second kappa shape index (κ2) is 12.4. The third-order valence-electron chi connectivity index (χ3n) is 8.89. The number of hydrogen-bond acceptors (Lipinski definition) is 2. The van der Waals surface area contributed by atoms with E-state index in [4.69, 9.17) is 0 Å². The summed E-state index contributed by atoms with van der Waals surface area (Å²) in [6, 6.07) is 20.6. The average Bonchev–Trinajstić information content (AvgIpc) is 2.99. The molecule has 3 aromatic carbocycles. The first-order chi connectivity index (χ1) is 19.5. The van der Waals surface area contributed by atoms with Gasteiger partial charge in [-0.3, -0.25) is 9.59 Å². The molecular weight excluding hydrogens is 492 g/mol. The smallest absolute Gasteiger partial charge is 0.197 e. The van der Waals surface area contributed by atoms with Crippen LogP contribution in [-0.2, 0) is 0 Å². The van der Waals surface area contributed by atoms with Gasteiger partial charge < -0.3 is 9.13 Å². The van der Waals surface area contributed by atoms with Crippen LogP contribution in [0.4, 0.5) is 0 Å². The van der Waals surface area contributed by atoms with Crippen LogP contribution in [0.2, 0.25) is 0 Å². The van der Waals surface area contributed by atoms with Crippen LogP contribution in [-0.4, -0.2) is 9.13 Å². The van der Waals surface area contributed by atoms with Crippen molar-refractivity contribution in [2.75, 3.05) is 0 Å². The van der Waals surface area contributed by atoms with Crippen LogP contribution in [0.5, 0.6) is 0 Å². The van der Waals surface area contributed by atoms with Gasteiger partial charge >= 0.3 is 0 Å². The van der Waals surface area contributed by atoms with Crippen molar-refractivity contribution in [1.82, 2.24) is 9.13 Å². The van der Waals surface area contributed by atoms with Crippen molar-refractivity contribution < 1.29 is 0 Å². The number of benzene rings is 3. The molecule has 2 atom stereocenters. The van der Waals surface area contributed by atoms with Crippen molar-refractivity contribution in [2.45, 2.75) is 104 Å². The summed E-state index contributed by atoms with van der Waals surface area (Å²) in [6.07, 6.45) is 11.1. The van der Waals surface area contributed by atoms with Crippen molar-refractivity contribution in [3.05, 3.63) is 81.1 Å². The van der Waals surface area contributed by atoms with Gasteiger partial charge in [0.15, 0.2) is 10.9 Å². The zero-order valence-corrected chi connectivity index (χ0v) is 24.7. The molecule has 0 fully saturated rings. The Kier molecular flexibility index (Phi) is 8.73. The van der Waals surface area contributed by atoms with E-state index in [1.165, 1.54) is 25.7 Å². The third-order valence-corrected chi connectivity index (χ3v) is 8.89. The number of rotatable bonds is 12. The molecule has 0 bridgehead atoms. The first-order valence-corrected chi connectivity index (χ1v) is 15.6. The molecule has 4 heteroatoms. The lowest BCUT2D eigenvalue weighted by molar-refractivity contribution is 0.449. The van der Waals surface area contributed by atoms with Crippen LogP contribution in [0, 0.1) is 0 Å². The fraction of sp³-hybridized carbons (Fsp3) is 0.444. The summed E-state index contributed by atoms with van der Waals surface area (Å²) in [4.78, 5) is 28.1. The summed E-state index contributed by atoms with van der Waals surface area (Å²) >= 11 is 0. The number of aromatic nitrogens is 2. The molecule has 210 valence electrons. The quantitative estimate of drug-likeness (QED) is 0.118. The standard InChI is InChI=1S/C36H44N2O2/c1-5-9-11-17-25(7-3)37-31-21-15-13-19-27(31)35(39)29-24-34-30(23-33(29)37)36(40)28-20-14-16-22-32(28)38(34)26(8-4)18-12-10-6-2/h13-16,19-26H,5-12,17-18H2,1-4H3. The molecule has 2 heterocycles. The molecule has 0 aliphatic heterocycles. The van der Waals surface area contributed by atoms with E-state index >= 15 is 0 Å². The normalized spacial score (nSPS) is 13.5. The molecule has 0 radical (unpaired) electrons. The monoisotopic (exact) mass is 536 g/mol. The number of nitrogens with zero attached hydrogens (tertiary/aromatic N) is 2. The second-order valence-electron chi connectivity index (χ2n) is 11.4. The SMILES string of the molecule is CCCCCC(CC)n1c2ccccc2c(=O)c2cc3c(cc21)c(=O)c1ccccc1n3C(CC)CCCCC. The number of fused-ring (bicyclic) bond motifs is 4. The first-order valence-electron chi connectivity index (χ1n) is 15.6. The zero-order chi connectivity index (χ0) is 28.2. The van der Waals surface area contributed by atoms with Crippen LogP contribution >= 0.6 is 0 Å². The highest BCUT2D eigenvalue weighted by molar-refractivity contribution is 6.03. The molecule has 4 nitrogen and oxygen atoms in total. The summed E-state index contributed by atoms with van der Waals surface area (Å²) in [6.45, 7) is 8.94. The maximum absolute atomic E-state index is 14.1. The highest BCUT2D eigenvalue weighted by Gasteiger charge is 2.22. The summed E-state index contributed by atoms with van der Waals surface area (Å²) in [5.74, 6) is 0. The van der Waals surface area contributed by atoms with Gasteiger partial charge in [0.25, 0.3) is 0 Å². The van der Waals surface area contributed by atoms with Crippen molar-refractivity contribution in [3.8, 4) is 0 Å². The predicted octanol–water partition coefficient (Wildman–Crippen LogP) is 9.69. The van der Waals surface area contributed by atoms with Gasteiger partial charge in [-0.2, -0.15) is 0 Å². The Morgan fingerprint density at radius 3 is 1.30 bits per heavy atom. The molecule has 0 N–H and O–H groups in total. The Labute approximate surface area is 237 Å². The maximum Gasteiger partial charge on any atom is 0.197 e. The molecular formula is C36H44N2O2. The largest absolute Gasteiger partial charge is 0.337 e. The van der Waals surface area contributed by atoms with Crippen LogP contribution in [0.3, 0.4) is 0 Å². The van der Waals surface area contributed by atoms with E-state index in [1.54, 1.807) is 0 Å². The Hall–Kier alpha value is -3.40. The fourth-order valence-corrected chi connectivity index (χ4v) is 6.72. The highest BCUT2D eigenvalue weighted by Crippen LogP contribution is 2.34. The maximum atomic E-state index is 14.1. The molecule has 0 aliphatic rings. The lowest BCUT2D eigenvalue weighted by Crippen LogP contribution is -2.19. The molecule has 0 aliphatic carbocycles. The molecule has 0 spiro atoms. The molecule has 0 saturated heterocycles. The first kappa shape index (κ1) is 28.1. The Balaban J connectivity index is 1.90. The van der Waals surface area contributed by atoms with E-state index in [0.717, 1.165) is 71.4 Å². The van der Waals surface area contributed by atoms with Crippen LogP contribution in [0.1, 0.15) is 104 Å². The fourth-order valence-electron chi connectivity index (χ4n) is 6.72. The van der Waals surface area contributed by atoms with E-state index in [-0.39, 0.29) is 22.9 Å². The predicted molar refractivity (Wildman–Crippen MR) is 172 cm³/mol. The van der Waals surface area contributed by atoms with Crippen molar-refractivity contribution in [3.63, 3.8) is 0 Å². The number of para-hydroxylation sites is 2. The lowest BCUT2D eigenvalue weighted by atomic mass is 9.99. The summed E-state index contributed by atoms with van der Waals surface area (Å²) in [7, 11) is 0. The molecule has 2 aromatic heterocycles. The Bertz CT molecular complexity index is 1630. The van der Waals surface area contributed by atoms with Crippen LogP contribution in [0.25, 0.3) is 43.6 Å². The summed E-state index contributed by atoms with van der Waals surface area (Å²) < 4.78 is 4.75. The van der Waals surface area contributed by atoms with E-state index in [0.29, 0.717) is 10.8 Å². The van der Waals surface area contributed by atoms with Gasteiger partial charge in [0.1, 0.15) is 0 Å². The minimum atomic E-state index is 0.0540. The topological polar surface area (TPSA) is 44.0 Å². The van der Waals surface area contributed by atoms with Gasteiger partial charge in [0.2, 0.25) is 0 Å². The number of unbranched alkanes of at least 4 members (excludes halogenated alkanes) is 4. The second-order valence-corrected chi connectivity index (χ2v) is 11.4. The number of pyridine rings is 2. The molecule has 2 unspecified atom stereocenters. The molecule has 5 rings (SSSR count). The van der Waals surface area contributed by atoms with E-state index < -0.39 is 0 Å². The van der Waals surface area contributed by atoms with E-state index in [2.05, 4.69) is 49.0 Å². The minimum absolute atomic E-state index is 0.0540. The average molecular weight is 537 g/mol. The summed E-state index contributed by atoms with van der Waals surface area (Å²) in [5, 5.41) is 2.94. The zero-order valence-electron chi connectivity index (χ0n) is 24.7. The molecule has 40 heavy (non-hydrogen) atoms. The molecule has 0 amide bonds. The molecule has 5 aromatic rings. The lowest BCUT2D eigenvalue weighted by Gasteiger charge is -2.27. The van der Waals surface area contributed by atoms with Crippen molar-refractivity contribution >= 4 is 43.6 Å². The van der Waals surface area contributed by atoms with Gasteiger partial charge in [-0.1, -0.05) is 90.5 Å². The minimum Gasteiger partial charge on any atom is -0.337 e. The summed E-state index contributed by atoms with van der Waals surface area (Å²) in [5.41, 5.74) is 3.82. The Morgan fingerprint density at radius 1 is 0.525 bits per heavy atom. The van der Waals surface area contributed by atoms with E-state index in [9.17, 15) is 9.59 Å².